The van der Waals surface area contributed by atoms with Crippen molar-refractivity contribution in [1.82, 2.24) is 0 Å². The van der Waals surface area contributed by atoms with Gasteiger partial charge in [0.15, 0.2) is 5.78 Å². The number of Topliss-reactive ketones (excluding diaryl/α,β-unsaturated/α-hetero) is 1. The fourth-order valence-electron chi connectivity index (χ4n) is 2.65. The van der Waals surface area contributed by atoms with Crippen LogP contribution in [0.25, 0.3) is 0 Å². The van der Waals surface area contributed by atoms with Crippen molar-refractivity contribution in [3.63, 3.8) is 0 Å². The molecule has 0 aliphatic carbocycles. The third-order valence-corrected chi connectivity index (χ3v) is 5.28. The van der Waals surface area contributed by atoms with Gasteiger partial charge in [0.2, 0.25) is 0 Å². The lowest BCUT2D eigenvalue weighted by atomic mass is 10.1. The monoisotopic (exact) mass is 301 g/mol. The molecule has 108 valence electrons. The topological polar surface area (TPSA) is 54.5 Å². The number of para-hydroxylation sites is 1. The first kappa shape index (κ1) is 13.8. The van der Waals surface area contributed by atoms with Crippen molar-refractivity contribution in [2.75, 3.05) is 10.8 Å². The number of nitrogens with zero attached hydrogens (tertiary/aromatic N) is 1. The maximum Gasteiger partial charge on any atom is 0.264 e. The lowest BCUT2D eigenvalue weighted by molar-refractivity contribution is 0.101. The first-order valence-electron chi connectivity index (χ1n) is 6.63. The summed E-state index contributed by atoms with van der Waals surface area (Å²) in [5.74, 6) is -0.168. The van der Waals surface area contributed by atoms with E-state index < -0.39 is 10.0 Å². The van der Waals surface area contributed by atoms with E-state index in [0.717, 1.165) is 11.1 Å². The molecule has 2 aromatic carbocycles. The second-order valence-corrected chi connectivity index (χ2v) is 7.14. The van der Waals surface area contributed by atoms with E-state index in [1.165, 1.54) is 4.31 Å². The number of hydrogen-bond donors (Lipinski definition) is 0. The Morgan fingerprint density at radius 2 is 1.62 bits per heavy atom. The Morgan fingerprint density at radius 1 is 1.00 bits per heavy atom. The first-order valence-corrected chi connectivity index (χ1v) is 8.07. The number of aryl methyl sites for hydroxylation is 2. The number of sulfonamides is 1. The van der Waals surface area contributed by atoms with Gasteiger partial charge in [-0.05, 0) is 49.2 Å². The van der Waals surface area contributed by atoms with Crippen LogP contribution >= 0.6 is 0 Å². The largest absolute Gasteiger partial charge is 0.292 e. The molecular formula is C16H15NO3S. The number of anilines is 1. The highest BCUT2D eigenvalue weighted by Crippen LogP contribution is 2.33. The van der Waals surface area contributed by atoms with Gasteiger partial charge in [-0.3, -0.25) is 9.10 Å². The predicted octanol–water partition coefficient (Wildman–Crippen LogP) is 2.70. The van der Waals surface area contributed by atoms with Crippen LogP contribution in [0.5, 0.6) is 0 Å². The average Bonchev–Trinajstić information content (AvgIpc) is 2.76. The van der Waals surface area contributed by atoms with Crippen molar-refractivity contribution in [2.45, 2.75) is 18.7 Å². The number of hydrogen-bond acceptors (Lipinski definition) is 3. The van der Waals surface area contributed by atoms with Crippen LogP contribution in [-0.4, -0.2) is 20.7 Å². The Labute approximate surface area is 124 Å². The van der Waals surface area contributed by atoms with Crippen molar-refractivity contribution in [1.29, 1.82) is 0 Å². The number of rotatable bonds is 2. The van der Waals surface area contributed by atoms with Crippen LogP contribution in [0, 0.1) is 13.8 Å². The summed E-state index contributed by atoms with van der Waals surface area (Å²) in [6.07, 6.45) is 0. The third kappa shape index (κ3) is 2.23. The van der Waals surface area contributed by atoms with E-state index in [1.807, 2.05) is 19.9 Å². The van der Waals surface area contributed by atoms with Gasteiger partial charge in [0.25, 0.3) is 10.0 Å². The quantitative estimate of drug-likeness (QED) is 0.857. The summed E-state index contributed by atoms with van der Waals surface area (Å²) in [7, 11) is -3.72. The van der Waals surface area contributed by atoms with Crippen molar-refractivity contribution in [3.05, 3.63) is 59.2 Å². The van der Waals surface area contributed by atoms with E-state index in [1.54, 1.807) is 36.4 Å². The number of carbonyl (C=O) groups is 1. The summed E-state index contributed by atoms with van der Waals surface area (Å²) in [6.45, 7) is 3.58. The molecule has 1 aliphatic rings. The highest BCUT2D eigenvalue weighted by molar-refractivity contribution is 7.93. The van der Waals surface area contributed by atoms with Crippen LogP contribution in [0.4, 0.5) is 5.69 Å². The molecular weight excluding hydrogens is 286 g/mol. The maximum atomic E-state index is 12.8. The fraction of sp³-hybridized carbons (Fsp3) is 0.188. The smallest absolute Gasteiger partial charge is 0.264 e. The van der Waals surface area contributed by atoms with E-state index >= 15 is 0 Å². The molecule has 0 fully saturated rings. The first-order chi connectivity index (χ1) is 9.89. The molecule has 0 unspecified atom stereocenters. The summed E-state index contributed by atoms with van der Waals surface area (Å²) in [5.41, 5.74) is 2.69. The number of ketones is 1. The molecule has 0 saturated heterocycles. The van der Waals surface area contributed by atoms with Crippen LogP contribution in [-0.2, 0) is 10.0 Å². The van der Waals surface area contributed by atoms with Gasteiger partial charge in [0.05, 0.1) is 17.1 Å². The van der Waals surface area contributed by atoms with E-state index in [9.17, 15) is 13.2 Å². The zero-order chi connectivity index (χ0) is 15.2. The zero-order valence-electron chi connectivity index (χ0n) is 11.8. The van der Waals surface area contributed by atoms with Gasteiger partial charge in [0, 0.05) is 5.56 Å². The van der Waals surface area contributed by atoms with Crippen molar-refractivity contribution < 1.29 is 13.2 Å². The molecule has 1 aliphatic heterocycles. The zero-order valence-corrected chi connectivity index (χ0v) is 12.6. The lowest BCUT2D eigenvalue weighted by Crippen LogP contribution is -2.30. The van der Waals surface area contributed by atoms with Crippen molar-refractivity contribution in [2.24, 2.45) is 0 Å². The van der Waals surface area contributed by atoms with E-state index in [-0.39, 0.29) is 17.2 Å². The number of carbonyl (C=O) groups excluding carboxylic acids is 1. The standard InChI is InChI=1S/C16H15NO3S/c1-11-7-12(2)9-13(8-11)21(19,20)17-10-16(18)14-5-3-4-6-15(14)17/h3-9H,10H2,1-2H3. The minimum Gasteiger partial charge on any atom is -0.292 e. The van der Waals surface area contributed by atoms with E-state index in [4.69, 9.17) is 0 Å². The Hall–Kier alpha value is -2.14. The third-order valence-electron chi connectivity index (χ3n) is 3.54. The summed E-state index contributed by atoms with van der Waals surface area (Å²) < 4.78 is 26.8. The Kier molecular flexibility index (Phi) is 3.10. The summed E-state index contributed by atoms with van der Waals surface area (Å²) >= 11 is 0. The number of benzene rings is 2. The lowest BCUT2D eigenvalue weighted by Gasteiger charge is -2.19. The van der Waals surface area contributed by atoms with Gasteiger partial charge in [-0.15, -0.1) is 0 Å². The summed E-state index contributed by atoms with van der Waals surface area (Å²) in [4.78, 5) is 12.2. The highest BCUT2D eigenvalue weighted by Gasteiger charge is 2.35. The minimum atomic E-state index is -3.72. The molecule has 0 amide bonds. The second-order valence-electron chi connectivity index (χ2n) is 5.28. The molecule has 0 aromatic heterocycles. The molecule has 21 heavy (non-hydrogen) atoms. The molecule has 0 bridgehead atoms. The van der Waals surface area contributed by atoms with Gasteiger partial charge >= 0.3 is 0 Å². The van der Waals surface area contributed by atoms with Gasteiger partial charge in [-0.2, -0.15) is 0 Å². The van der Waals surface area contributed by atoms with Crippen LogP contribution in [0.3, 0.4) is 0 Å². The van der Waals surface area contributed by atoms with E-state index in [0.29, 0.717) is 11.3 Å². The van der Waals surface area contributed by atoms with Gasteiger partial charge in [0.1, 0.15) is 0 Å². The SMILES string of the molecule is Cc1cc(C)cc(S(=O)(=O)N2CC(=O)c3ccccc32)c1. The minimum absolute atomic E-state index is 0.130. The predicted molar refractivity (Wildman–Crippen MR) is 81.2 cm³/mol. The molecule has 2 aromatic rings. The van der Waals surface area contributed by atoms with Crippen LogP contribution in [0.1, 0.15) is 21.5 Å². The molecule has 0 atom stereocenters. The number of fused-ring (bicyclic) bond motifs is 1. The molecule has 0 saturated carbocycles. The molecule has 4 nitrogen and oxygen atoms in total. The molecule has 3 rings (SSSR count). The molecule has 5 heteroatoms. The normalized spacial score (nSPS) is 14.4. The van der Waals surface area contributed by atoms with Gasteiger partial charge < -0.3 is 0 Å². The molecule has 0 spiro atoms. The van der Waals surface area contributed by atoms with E-state index in [2.05, 4.69) is 0 Å². The van der Waals surface area contributed by atoms with Crippen molar-refractivity contribution >= 4 is 21.5 Å². The van der Waals surface area contributed by atoms with Crippen LogP contribution in [0.2, 0.25) is 0 Å². The fourth-order valence-corrected chi connectivity index (χ4v) is 4.28. The molecule has 1 heterocycles. The van der Waals surface area contributed by atoms with Crippen LogP contribution < -0.4 is 4.31 Å². The van der Waals surface area contributed by atoms with Gasteiger partial charge in [-0.25, -0.2) is 8.42 Å². The van der Waals surface area contributed by atoms with Gasteiger partial charge in [-0.1, -0.05) is 18.2 Å². The van der Waals surface area contributed by atoms with Crippen LogP contribution in [0.15, 0.2) is 47.4 Å². The van der Waals surface area contributed by atoms with Crippen molar-refractivity contribution in [3.8, 4) is 0 Å². The summed E-state index contributed by atoms with van der Waals surface area (Å²) in [6, 6.07) is 12.0. The Balaban J connectivity index is 2.14. The molecule has 0 N–H and O–H groups in total. The molecule has 0 radical (unpaired) electrons. The summed E-state index contributed by atoms with van der Waals surface area (Å²) in [5, 5.41) is 0. The average molecular weight is 301 g/mol. The Bertz CT molecular complexity index is 820. The highest BCUT2D eigenvalue weighted by atomic mass is 32.2. The maximum absolute atomic E-state index is 12.8. The second kappa shape index (κ2) is 4.70. The Morgan fingerprint density at radius 3 is 2.29 bits per heavy atom.